The fourth-order valence-corrected chi connectivity index (χ4v) is 2.28. The van der Waals surface area contributed by atoms with Crippen LogP contribution in [0.15, 0.2) is 18.2 Å². The standard InChI is InChI=1S/C16H23NO4/c1-5-20-15(19)17-9-12(10-18)21-14-7-6-11(8-13(14)17)16(2,3)4/h6-8,12,18H,5,9-10H2,1-4H3. The minimum Gasteiger partial charge on any atom is -0.484 e. The van der Waals surface area contributed by atoms with Gasteiger partial charge < -0.3 is 14.6 Å². The maximum Gasteiger partial charge on any atom is 0.414 e. The number of fused-ring (bicyclic) bond motifs is 1. The number of benzene rings is 1. The number of amides is 1. The molecule has 2 rings (SSSR count). The zero-order valence-electron chi connectivity index (χ0n) is 13.0. The average molecular weight is 293 g/mol. The summed E-state index contributed by atoms with van der Waals surface area (Å²) in [5, 5.41) is 9.33. The number of rotatable bonds is 2. The van der Waals surface area contributed by atoms with Crippen LogP contribution in [0.3, 0.4) is 0 Å². The summed E-state index contributed by atoms with van der Waals surface area (Å²) in [4.78, 5) is 13.7. The van der Waals surface area contributed by atoms with E-state index in [9.17, 15) is 9.90 Å². The summed E-state index contributed by atoms with van der Waals surface area (Å²) in [6.07, 6.45) is -0.839. The van der Waals surface area contributed by atoms with Gasteiger partial charge in [0.2, 0.25) is 0 Å². The van der Waals surface area contributed by atoms with E-state index in [1.54, 1.807) is 11.8 Å². The molecule has 0 aromatic heterocycles. The van der Waals surface area contributed by atoms with Gasteiger partial charge in [0.15, 0.2) is 0 Å². The molecule has 0 fully saturated rings. The average Bonchev–Trinajstić information content (AvgIpc) is 2.44. The Kier molecular flexibility index (Phi) is 4.42. The van der Waals surface area contributed by atoms with Gasteiger partial charge in [-0.1, -0.05) is 26.8 Å². The van der Waals surface area contributed by atoms with Gasteiger partial charge in [-0.3, -0.25) is 4.90 Å². The lowest BCUT2D eigenvalue weighted by Crippen LogP contribution is -2.45. The first-order valence-electron chi connectivity index (χ1n) is 7.23. The summed E-state index contributed by atoms with van der Waals surface area (Å²) in [5.74, 6) is 0.598. The van der Waals surface area contributed by atoms with Crippen molar-refractivity contribution in [2.24, 2.45) is 0 Å². The van der Waals surface area contributed by atoms with Crippen LogP contribution in [0.25, 0.3) is 0 Å². The van der Waals surface area contributed by atoms with Gasteiger partial charge in [0, 0.05) is 0 Å². The number of ether oxygens (including phenoxy) is 2. The molecule has 1 aromatic rings. The number of aliphatic hydroxyl groups is 1. The van der Waals surface area contributed by atoms with Crippen LogP contribution in [-0.4, -0.2) is 37.1 Å². The number of aliphatic hydroxyl groups excluding tert-OH is 1. The first-order chi connectivity index (χ1) is 9.86. The number of anilines is 1. The lowest BCUT2D eigenvalue weighted by atomic mass is 9.86. The minimum absolute atomic E-state index is 0.0246. The molecule has 1 atom stereocenters. The molecule has 0 radical (unpaired) electrons. The van der Waals surface area contributed by atoms with Crippen molar-refractivity contribution in [2.45, 2.75) is 39.2 Å². The van der Waals surface area contributed by atoms with Gasteiger partial charge >= 0.3 is 6.09 Å². The molecule has 1 N–H and O–H groups in total. The van der Waals surface area contributed by atoms with Crippen molar-refractivity contribution in [3.8, 4) is 5.75 Å². The summed E-state index contributed by atoms with van der Waals surface area (Å²) in [7, 11) is 0. The molecule has 1 heterocycles. The summed E-state index contributed by atoms with van der Waals surface area (Å²) < 4.78 is 10.8. The molecule has 0 aliphatic carbocycles. The number of hydrogen-bond acceptors (Lipinski definition) is 4. The monoisotopic (exact) mass is 293 g/mol. The largest absolute Gasteiger partial charge is 0.484 e. The second kappa shape index (κ2) is 5.93. The Hall–Kier alpha value is -1.75. The molecule has 0 spiro atoms. The van der Waals surface area contributed by atoms with Gasteiger partial charge in [0.25, 0.3) is 0 Å². The van der Waals surface area contributed by atoms with Crippen molar-refractivity contribution in [1.82, 2.24) is 0 Å². The van der Waals surface area contributed by atoms with E-state index in [1.807, 2.05) is 18.2 Å². The van der Waals surface area contributed by atoms with Crippen LogP contribution < -0.4 is 9.64 Å². The quantitative estimate of drug-likeness (QED) is 0.911. The summed E-state index contributed by atoms with van der Waals surface area (Å²) in [5.41, 5.74) is 1.79. The molecular formula is C16H23NO4. The van der Waals surface area contributed by atoms with E-state index in [0.717, 1.165) is 5.56 Å². The van der Waals surface area contributed by atoms with E-state index in [0.29, 0.717) is 18.0 Å². The second-order valence-corrected chi connectivity index (χ2v) is 6.16. The van der Waals surface area contributed by atoms with Crippen molar-refractivity contribution < 1.29 is 19.4 Å². The van der Waals surface area contributed by atoms with Crippen LogP contribution in [0.1, 0.15) is 33.3 Å². The normalized spacial score (nSPS) is 18.0. The van der Waals surface area contributed by atoms with Crippen molar-refractivity contribution >= 4 is 11.8 Å². The van der Waals surface area contributed by atoms with Crippen LogP contribution in [-0.2, 0) is 10.2 Å². The highest BCUT2D eigenvalue weighted by Gasteiger charge is 2.31. The molecule has 1 aliphatic rings. The van der Waals surface area contributed by atoms with Gasteiger partial charge in [0.05, 0.1) is 25.4 Å². The second-order valence-electron chi connectivity index (χ2n) is 6.16. The van der Waals surface area contributed by atoms with Crippen molar-refractivity contribution in [3.63, 3.8) is 0 Å². The van der Waals surface area contributed by atoms with Crippen molar-refractivity contribution in [2.75, 3.05) is 24.7 Å². The van der Waals surface area contributed by atoms with Crippen LogP contribution in [0.5, 0.6) is 5.75 Å². The Balaban J connectivity index is 2.42. The van der Waals surface area contributed by atoms with Gasteiger partial charge in [-0.15, -0.1) is 0 Å². The van der Waals surface area contributed by atoms with E-state index in [4.69, 9.17) is 9.47 Å². The molecule has 1 aliphatic heterocycles. The SMILES string of the molecule is CCOC(=O)N1CC(CO)Oc2ccc(C(C)(C)C)cc21. The van der Waals surface area contributed by atoms with Crippen LogP contribution >= 0.6 is 0 Å². The number of carbonyl (C=O) groups is 1. The van der Waals surface area contributed by atoms with Crippen LogP contribution in [0.4, 0.5) is 10.5 Å². The molecule has 116 valence electrons. The minimum atomic E-state index is -0.428. The predicted molar refractivity (Wildman–Crippen MR) is 81.0 cm³/mol. The molecule has 1 amide bonds. The first kappa shape index (κ1) is 15.6. The lowest BCUT2D eigenvalue weighted by molar-refractivity contribution is 0.105. The fraction of sp³-hybridized carbons (Fsp3) is 0.562. The Morgan fingerprint density at radius 2 is 2.19 bits per heavy atom. The van der Waals surface area contributed by atoms with E-state index in [-0.39, 0.29) is 18.6 Å². The Morgan fingerprint density at radius 1 is 1.48 bits per heavy atom. The molecule has 5 nitrogen and oxygen atoms in total. The maximum atomic E-state index is 12.1. The third-order valence-electron chi connectivity index (χ3n) is 3.49. The van der Waals surface area contributed by atoms with E-state index < -0.39 is 12.2 Å². The zero-order chi connectivity index (χ0) is 15.6. The van der Waals surface area contributed by atoms with E-state index in [2.05, 4.69) is 20.8 Å². The molecule has 0 saturated carbocycles. The highest BCUT2D eigenvalue weighted by molar-refractivity contribution is 5.90. The highest BCUT2D eigenvalue weighted by Crippen LogP contribution is 2.37. The number of nitrogens with zero attached hydrogens (tertiary/aromatic N) is 1. The summed E-state index contributed by atoms with van der Waals surface area (Å²) in [6.45, 7) is 8.58. The number of hydrogen-bond donors (Lipinski definition) is 1. The Bertz CT molecular complexity index is 521. The molecule has 0 bridgehead atoms. The maximum absolute atomic E-state index is 12.1. The summed E-state index contributed by atoms with van der Waals surface area (Å²) >= 11 is 0. The van der Waals surface area contributed by atoms with Gasteiger partial charge in [0.1, 0.15) is 11.9 Å². The molecule has 0 saturated heterocycles. The first-order valence-corrected chi connectivity index (χ1v) is 7.23. The zero-order valence-corrected chi connectivity index (χ0v) is 13.0. The predicted octanol–water partition coefficient (Wildman–Crippen LogP) is 2.70. The van der Waals surface area contributed by atoms with E-state index in [1.165, 1.54) is 0 Å². The third kappa shape index (κ3) is 3.29. The summed E-state index contributed by atoms with van der Waals surface area (Å²) in [6, 6.07) is 5.80. The van der Waals surface area contributed by atoms with E-state index >= 15 is 0 Å². The topological polar surface area (TPSA) is 59.0 Å². The third-order valence-corrected chi connectivity index (χ3v) is 3.49. The molecule has 1 unspecified atom stereocenters. The fourth-order valence-electron chi connectivity index (χ4n) is 2.28. The lowest BCUT2D eigenvalue weighted by Gasteiger charge is -2.34. The van der Waals surface area contributed by atoms with Gasteiger partial charge in [-0.25, -0.2) is 4.79 Å². The number of carbonyl (C=O) groups excluding carboxylic acids is 1. The smallest absolute Gasteiger partial charge is 0.414 e. The van der Waals surface area contributed by atoms with Gasteiger partial charge in [-0.2, -0.15) is 0 Å². The highest BCUT2D eigenvalue weighted by atomic mass is 16.6. The van der Waals surface area contributed by atoms with Crippen molar-refractivity contribution in [3.05, 3.63) is 23.8 Å². The molecule has 1 aromatic carbocycles. The van der Waals surface area contributed by atoms with Crippen LogP contribution in [0, 0.1) is 0 Å². The Morgan fingerprint density at radius 3 is 2.76 bits per heavy atom. The molecule has 21 heavy (non-hydrogen) atoms. The molecule has 5 heteroatoms. The molecular weight excluding hydrogens is 270 g/mol. The Labute approximate surface area is 125 Å². The van der Waals surface area contributed by atoms with Crippen LogP contribution in [0.2, 0.25) is 0 Å². The van der Waals surface area contributed by atoms with Gasteiger partial charge in [-0.05, 0) is 30.0 Å². The van der Waals surface area contributed by atoms with Crippen molar-refractivity contribution in [1.29, 1.82) is 0 Å².